The first-order chi connectivity index (χ1) is 12.4. The molecule has 0 radical (unpaired) electrons. The Bertz CT molecular complexity index is 495. The Morgan fingerprint density at radius 2 is 1.46 bits per heavy atom. The summed E-state index contributed by atoms with van der Waals surface area (Å²) in [6, 6.07) is 6.66. The van der Waals surface area contributed by atoms with Gasteiger partial charge in [-0.05, 0) is 44.0 Å². The first kappa shape index (κ1) is 22.7. The molecule has 2 N–H and O–H groups in total. The lowest BCUT2D eigenvalue weighted by atomic mass is 9.83. The molecule has 0 aliphatic heterocycles. The van der Waals surface area contributed by atoms with Crippen molar-refractivity contribution in [2.75, 3.05) is 0 Å². The molecule has 1 aromatic carbocycles. The molecule has 0 saturated heterocycles. The van der Waals surface area contributed by atoms with E-state index in [4.69, 9.17) is 4.74 Å². The van der Waals surface area contributed by atoms with Crippen molar-refractivity contribution < 1.29 is 19.7 Å². The lowest BCUT2D eigenvalue weighted by Gasteiger charge is -2.27. The number of Topliss-reactive ketones (excluding diaryl/α,β-unsaturated/α-hetero) is 1. The van der Waals surface area contributed by atoms with Crippen molar-refractivity contribution in [3.8, 4) is 5.75 Å². The van der Waals surface area contributed by atoms with Crippen LogP contribution in [0.4, 0.5) is 0 Å². The van der Waals surface area contributed by atoms with Gasteiger partial charge in [-0.3, -0.25) is 4.79 Å². The number of rotatable bonds is 14. The third-order valence-corrected chi connectivity index (χ3v) is 4.73. The zero-order valence-corrected chi connectivity index (χ0v) is 16.7. The molecule has 1 rings (SSSR count). The van der Waals surface area contributed by atoms with Crippen LogP contribution in [0.25, 0.3) is 0 Å². The zero-order chi connectivity index (χ0) is 19.4. The normalized spacial score (nSPS) is 12.8. The van der Waals surface area contributed by atoms with E-state index in [2.05, 4.69) is 13.8 Å². The highest BCUT2D eigenvalue weighted by molar-refractivity contribution is 6.02. The number of benzene rings is 1. The number of aliphatic hydroxyl groups is 2. The molecule has 1 aromatic rings. The van der Waals surface area contributed by atoms with E-state index >= 15 is 0 Å². The zero-order valence-electron chi connectivity index (χ0n) is 16.7. The predicted molar refractivity (Wildman–Crippen MR) is 106 cm³/mol. The molecule has 0 aliphatic rings. The highest BCUT2D eigenvalue weighted by Crippen LogP contribution is 2.28. The van der Waals surface area contributed by atoms with Crippen LogP contribution in [0.2, 0.25) is 0 Å². The van der Waals surface area contributed by atoms with Gasteiger partial charge in [0.05, 0.1) is 0 Å². The summed E-state index contributed by atoms with van der Waals surface area (Å²) in [7, 11) is 0. The summed E-state index contributed by atoms with van der Waals surface area (Å²) >= 11 is 0. The second-order valence-corrected chi connectivity index (χ2v) is 7.22. The molecule has 1 atom stereocenters. The molecule has 0 amide bonds. The number of aliphatic hydroxyl groups excluding tert-OH is 1. The number of ketones is 1. The van der Waals surface area contributed by atoms with E-state index < -0.39 is 11.9 Å². The largest absolute Gasteiger partial charge is 0.465 e. The lowest BCUT2D eigenvalue weighted by molar-refractivity contribution is -0.000334. The van der Waals surface area contributed by atoms with Gasteiger partial charge in [-0.15, -0.1) is 0 Å². The average molecular weight is 365 g/mol. The Labute approximate surface area is 158 Å². The smallest absolute Gasteiger partial charge is 0.194 e. The van der Waals surface area contributed by atoms with E-state index in [9.17, 15) is 15.0 Å². The second kappa shape index (κ2) is 12.1. The Balaban J connectivity index is 2.80. The van der Waals surface area contributed by atoms with Gasteiger partial charge < -0.3 is 14.9 Å². The summed E-state index contributed by atoms with van der Waals surface area (Å²) in [6.07, 6.45) is 8.49. The van der Waals surface area contributed by atoms with E-state index in [-0.39, 0.29) is 5.78 Å². The third kappa shape index (κ3) is 7.88. The van der Waals surface area contributed by atoms with E-state index in [0.29, 0.717) is 24.2 Å². The monoisotopic (exact) mass is 364 g/mol. The van der Waals surface area contributed by atoms with Crippen LogP contribution in [-0.2, 0) is 0 Å². The maximum atomic E-state index is 13.0. The SMILES string of the molecule is CCCCCCC(O)(CCCCCC)C(=O)c1ccc(OC(C)O)cc1. The van der Waals surface area contributed by atoms with Gasteiger partial charge in [0.15, 0.2) is 12.1 Å². The van der Waals surface area contributed by atoms with Crippen LogP contribution in [0.1, 0.15) is 95.3 Å². The fourth-order valence-corrected chi connectivity index (χ4v) is 3.19. The minimum atomic E-state index is -1.28. The molecule has 0 spiro atoms. The first-order valence-corrected chi connectivity index (χ1v) is 10.1. The number of unbranched alkanes of at least 4 members (excludes halogenated alkanes) is 6. The molecule has 4 nitrogen and oxygen atoms in total. The molecule has 0 saturated carbocycles. The third-order valence-electron chi connectivity index (χ3n) is 4.73. The lowest BCUT2D eigenvalue weighted by Crippen LogP contribution is -2.38. The Hall–Kier alpha value is -1.39. The van der Waals surface area contributed by atoms with E-state index in [0.717, 1.165) is 51.4 Å². The first-order valence-electron chi connectivity index (χ1n) is 10.1. The number of hydrogen-bond acceptors (Lipinski definition) is 4. The van der Waals surface area contributed by atoms with Crippen LogP contribution in [0, 0.1) is 0 Å². The summed E-state index contributed by atoms with van der Waals surface area (Å²) in [5.74, 6) is 0.306. The van der Waals surface area contributed by atoms with Crippen molar-refractivity contribution in [1.29, 1.82) is 0 Å². The van der Waals surface area contributed by atoms with Crippen molar-refractivity contribution in [3.05, 3.63) is 29.8 Å². The van der Waals surface area contributed by atoms with Crippen LogP contribution in [0.15, 0.2) is 24.3 Å². The molecular weight excluding hydrogens is 328 g/mol. The van der Waals surface area contributed by atoms with Crippen LogP contribution >= 0.6 is 0 Å². The number of carbonyl (C=O) groups is 1. The molecule has 26 heavy (non-hydrogen) atoms. The maximum Gasteiger partial charge on any atom is 0.194 e. The van der Waals surface area contributed by atoms with Crippen LogP contribution in [0.5, 0.6) is 5.75 Å². The highest BCUT2D eigenvalue weighted by Gasteiger charge is 2.35. The van der Waals surface area contributed by atoms with Crippen LogP contribution in [-0.4, -0.2) is 27.9 Å². The summed E-state index contributed by atoms with van der Waals surface area (Å²) in [4.78, 5) is 13.0. The van der Waals surface area contributed by atoms with Crippen molar-refractivity contribution in [3.63, 3.8) is 0 Å². The predicted octanol–water partition coefficient (Wildman–Crippen LogP) is 5.26. The standard InChI is InChI=1S/C22H36O4/c1-4-6-8-10-16-22(25,17-11-9-7-5-2)21(24)19-12-14-20(15-13-19)26-18(3)23/h12-15,18,23,25H,4-11,16-17H2,1-3H3. The van der Waals surface area contributed by atoms with Gasteiger partial charge in [0.1, 0.15) is 11.4 Å². The summed E-state index contributed by atoms with van der Waals surface area (Å²) < 4.78 is 5.20. The second-order valence-electron chi connectivity index (χ2n) is 7.22. The van der Waals surface area contributed by atoms with Gasteiger partial charge >= 0.3 is 0 Å². The fourth-order valence-electron chi connectivity index (χ4n) is 3.19. The van der Waals surface area contributed by atoms with Crippen molar-refractivity contribution in [2.45, 2.75) is 96.9 Å². The topological polar surface area (TPSA) is 66.8 Å². The van der Waals surface area contributed by atoms with Crippen LogP contribution < -0.4 is 4.74 Å². The number of hydrogen-bond donors (Lipinski definition) is 2. The fraction of sp³-hybridized carbons (Fsp3) is 0.682. The Kier molecular flexibility index (Phi) is 10.5. The van der Waals surface area contributed by atoms with Gasteiger partial charge in [-0.2, -0.15) is 0 Å². The molecule has 4 heteroatoms. The molecule has 1 unspecified atom stereocenters. The van der Waals surface area contributed by atoms with E-state index in [1.807, 2.05) is 0 Å². The quantitative estimate of drug-likeness (QED) is 0.268. The van der Waals surface area contributed by atoms with Gasteiger partial charge in [0.25, 0.3) is 0 Å². The van der Waals surface area contributed by atoms with E-state index in [1.165, 1.54) is 6.92 Å². The maximum absolute atomic E-state index is 13.0. The van der Waals surface area contributed by atoms with Crippen molar-refractivity contribution >= 4 is 5.78 Å². The summed E-state index contributed by atoms with van der Waals surface area (Å²) in [5.41, 5.74) is -0.787. The van der Waals surface area contributed by atoms with Crippen molar-refractivity contribution in [1.82, 2.24) is 0 Å². The number of ether oxygens (including phenoxy) is 1. The average Bonchev–Trinajstić information content (AvgIpc) is 2.62. The Morgan fingerprint density at radius 1 is 0.962 bits per heavy atom. The van der Waals surface area contributed by atoms with Gasteiger partial charge in [-0.1, -0.05) is 65.2 Å². The molecular formula is C22H36O4. The Morgan fingerprint density at radius 3 is 1.88 bits per heavy atom. The minimum Gasteiger partial charge on any atom is -0.465 e. The highest BCUT2D eigenvalue weighted by atomic mass is 16.6. The molecule has 0 heterocycles. The number of carbonyl (C=O) groups excluding carboxylic acids is 1. The summed E-state index contributed by atoms with van der Waals surface area (Å²) in [6.45, 7) is 5.84. The van der Waals surface area contributed by atoms with Gasteiger partial charge in [0.2, 0.25) is 0 Å². The van der Waals surface area contributed by atoms with Gasteiger partial charge in [-0.25, -0.2) is 0 Å². The summed E-state index contributed by atoms with van der Waals surface area (Å²) in [5, 5.41) is 20.4. The van der Waals surface area contributed by atoms with E-state index in [1.54, 1.807) is 24.3 Å². The molecule has 0 bridgehead atoms. The molecule has 0 aliphatic carbocycles. The molecule has 0 fully saturated rings. The van der Waals surface area contributed by atoms with Gasteiger partial charge in [0, 0.05) is 5.56 Å². The van der Waals surface area contributed by atoms with Crippen LogP contribution in [0.3, 0.4) is 0 Å². The van der Waals surface area contributed by atoms with Crippen molar-refractivity contribution in [2.24, 2.45) is 0 Å². The minimum absolute atomic E-state index is 0.200. The molecule has 148 valence electrons. The molecule has 0 aromatic heterocycles.